The summed E-state index contributed by atoms with van der Waals surface area (Å²) in [7, 11) is 0. The second-order valence-electron chi connectivity index (χ2n) is 11.1. The number of halogens is 6. The third-order valence-electron chi connectivity index (χ3n) is 7.92. The lowest BCUT2D eigenvalue weighted by Crippen LogP contribution is -2.38. The highest BCUT2D eigenvalue weighted by Crippen LogP contribution is 2.36. The molecule has 0 aromatic heterocycles. The quantitative estimate of drug-likeness (QED) is 0.0709. The minimum absolute atomic E-state index is 0.0345. The van der Waals surface area contributed by atoms with E-state index in [4.69, 9.17) is 11.6 Å². The Balaban J connectivity index is 1.51. The van der Waals surface area contributed by atoms with Crippen LogP contribution in [0.5, 0.6) is 5.75 Å². The molecule has 1 aliphatic rings. The lowest BCUT2D eigenvalue weighted by Gasteiger charge is -2.28. The second-order valence-corrected chi connectivity index (χ2v) is 12.7. The summed E-state index contributed by atoms with van der Waals surface area (Å²) in [4.78, 5) is 25.7. The zero-order chi connectivity index (χ0) is 33.8. The number of hydrogen-bond donors (Lipinski definition) is 2. The number of carboxylic acids is 1. The molecular formula is C34H28ClF5N2O4S. The van der Waals surface area contributed by atoms with Crippen molar-refractivity contribution in [2.45, 2.75) is 49.6 Å². The van der Waals surface area contributed by atoms with Crippen LogP contribution >= 0.6 is 23.5 Å². The van der Waals surface area contributed by atoms with E-state index in [1.807, 2.05) is 18.2 Å². The van der Waals surface area contributed by atoms with Crippen LogP contribution in [0.4, 0.5) is 27.6 Å². The Bertz CT molecular complexity index is 1780. The average Bonchev–Trinajstić information content (AvgIpc) is 3.60. The van der Waals surface area contributed by atoms with Gasteiger partial charge in [0.1, 0.15) is 16.2 Å². The van der Waals surface area contributed by atoms with Crippen molar-refractivity contribution in [2.24, 2.45) is 0 Å². The van der Waals surface area contributed by atoms with Gasteiger partial charge >= 0.3 is 5.97 Å². The van der Waals surface area contributed by atoms with Crippen molar-refractivity contribution in [2.75, 3.05) is 11.4 Å². The molecule has 6 nitrogen and oxygen atoms in total. The zero-order valence-electron chi connectivity index (χ0n) is 24.7. The highest BCUT2D eigenvalue weighted by Gasteiger charge is 2.30. The van der Waals surface area contributed by atoms with Crippen LogP contribution in [0.15, 0.2) is 71.6 Å². The number of anilines is 1. The molecule has 0 bridgehead atoms. The highest BCUT2D eigenvalue weighted by molar-refractivity contribution is 7.97. The molecule has 47 heavy (non-hydrogen) atoms. The van der Waals surface area contributed by atoms with Gasteiger partial charge in [0, 0.05) is 23.3 Å². The Labute approximate surface area is 276 Å². The predicted octanol–water partition coefficient (Wildman–Crippen LogP) is 8.84. The molecule has 0 unspecified atom stereocenters. The molecule has 4 aromatic rings. The first-order chi connectivity index (χ1) is 22.4. The fourth-order valence-electron chi connectivity index (χ4n) is 5.52. The number of rotatable bonds is 11. The first kappa shape index (κ1) is 34.2. The lowest BCUT2D eigenvalue weighted by atomic mass is 9.96. The zero-order valence-corrected chi connectivity index (χ0v) is 26.2. The topological polar surface area (TPSA) is 81.1 Å². The Morgan fingerprint density at radius 3 is 2.06 bits per heavy atom. The number of phenols is 1. The van der Waals surface area contributed by atoms with Gasteiger partial charge in [-0.3, -0.25) is 4.79 Å². The van der Waals surface area contributed by atoms with E-state index in [1.54, 1.807) is 18.2 Å². The van der Waals surface area contributed by atoms with Crippen molar-refractivity contribution in [3.8, 4) is 5.75 Å². The van der Waals surface area contributed by atoms with Crippen LogP contribution in [0, 0.1) is 29.1 Å². The van der Waals surface area contributed by atoms with Crippen LogP contribution in [0.2, 0.25) is 5.02 Å². The van der Waals surface area contributed by atoms with Gasteiger partial charge in [-0.05, 0) is 71.7 Å². The molecule has 0 atom stereocenters. The Morgan fingerprint density at radius 2 is 1.45 bits per heavy atom. The summed E-state index contributed by atoms with van der Waals surface area (Å²) in [6.45, 7) is -0.814. The van der Waals surface area contributed by atoms with E-state index in [-0.39, 0.29) is 30.7 Å². The molecular weight excluding hydrogens is 663 g/mol. The van der Waals surface area contributed by atoms with Crippen LogP contribution in [0.25, 0.3) is 0 Å². The van der Waals surface area contributed by atoms with Gasteiger partial charge in [0.15, 0.2) is 23.3 Å². The number of carboxylic acid groups (broad SMARTS) is 1. The fourth-order valence-corrected chi connectivity index (χ4v) is 6.64. The van der Waals surface area contributed by atoms with E-state index in [0.717, 1.165) is 53.2 Å². The number of carbonyl (C=O) groups is 2. The molecule has 1 amide bonds. The van der Waals surface area contributed by atoms with Gasteiger partial charge in [0.05, 0.1) is 13.1 Å². The summed E-state index contributed by atoms with van der Waals surface area (Å²) in [5.41, 5.74) is 2.06. The minimum Gasteiger partial charge on any atom is -0.507 e. The van der Waals surface area contributed by atoms with Gasteiger partial charge in [-0.25, -0.2) is 31.1 Å². The van der Waals surface area contributed by atoms with Crippen LogP contribution in [0.3, 0.4) is 0 Å². The van der Waals surface area contributed by atoms with Crippen molar-refractivity contribution >= 4 is 41.1 Å². The largest absolute Gasteiger partial charge is 0.507 e. The van der Waals surface area contributed by atoms with Crippen LogP contribution < -0.4 is 4.90 Å². The average molecular weight is 691 g/mol. The first-order valence-corrected chi connectivity index (χ1v) is 15.7. The number of aromatic carboxylic acids is 1. The van der Waals surface area contributed by atoms with Crippen molar-refractivity contribution in [3.05, 3.63) is 123 Å². The van der Waals surface area contributed by atoms with Crippen molar-refractivity contribution in [1.82, 2.24) is 4.31 Å². The number of hydrogen-bond acceptors (Lipinski definition) is 5. The molecule has 0 heterocycles. The van der Waals surface area contributed by atoms with Crippen LogP contribution in [-0.4, -0.2) is 32.9 Å². The van der Waals surface area contributed by atoms with E-state index in [0.29, 0.717) is 16.5 Å². The summed E-state index contributed by atoms with van der Waals surface area (Å²) in [5.74, 6) is -12.9. The summed E-state index contributed by atoms with van der Waals surface area (Å²) in [6.07, 6.45) is 4.29. The Hall–Kier alpha value is -4.13. The normalized spacial score (nSPS) is 13.3. The Kier molecular flexibility index (Phi) is 10.7. The predicted molar refractivity (Wildman–Crippen MR) is 168 cm³/mol. The molecule has 1 aliphatic carbocycles. The summed E-state index contributed by atoms with van der Waals surface area (Å²) >= 11 is 6.16. The Morgan fingerprint density at radius 1 is 0.809 bits per heavy atom. The molecule has 0 aliphatic heterocycles. The number of nitrogens with zero attached hydrogens (tertiary/aromatic N) is 2. The molecule has 0 saturated heterocycles. The molecule has 1 saturated carbocycles. The van der Waals surface area contributed by atoms with E-state index < -0.39 is 63.7 Å². The molecule has 13 heteroatoms. The smallest absolute Gasteiger partial charge is 0.339 e. The standard InChI is InChI=1S/C34H28ClF5N2O4S/c35-23-10-8-19(9-11-23)16-41(47-33-31(39)29(37)28(36)30(38)32(33)40)18-27(44)42(24-12-13-25(34(45)46)26(43)15-24)17-20-4-3-7-22(14-20)21-5-1-2-6-21/h3-4,7-15,21,43H,1-2,5-6,16-18H2,(H,45,46). The molecule has 4 aromatic carbocycles. The van der Waals surface area contributed by atoms with Crippen LogP contribution in [-0.2, 0) is 17.9 Å². The molecule has 2 N–H and O–H groups in total. The van der Waals surface area contributed by atoms with E-state index in [2.05, 4.69) is 0 Å². The van der Waals surface area contributed by atoms with Crippen molar-refractivity contribution in [1.29, 1.82) is 0 Å². The van der Waals surface area contributed by atoms with Crippen LogP contribution in [0.1, 0.15) is 58.6 Å². The number of carbonyl (C=O) groups excluding carboxylic acids is 1. The van der Waals surface area contributed by atoms with Crippen molar-refractivity contribution < 1.29 is 41.8 Å². The first-order valence-electron chi connectivity index (χ1n) is 14.6. The van der Waals surface area contributed by atoms with Gasteiger partial charge in [-0.1, -0.05) is 60.8 Å². The van der Waals surface area contributed by atoms with E-state index in [9.17, 15) is 41.8 Å². The molecule has 5 rings (SSSR count). The number of amides is 1. The third kappa shape index (κ3) is 7.89. The molecule has 0 spiro atoms. The maximum atomic E-state index is 14.8. The second kappa shape index (κ2) is 14.7. The van der Waals surface area contributed by atoms with E-state index >= 15 is 0 Å². The van der Waals surface area contributed by atoms with Gasteiger partial charge in [0.25, 0.3) is 0 Å². The summed E-state index contributed by atoms with van der Waals surface area (Å²) in [5, 5.41) is 20.2. The van der Waals surface area contributed by atoms with Crippen molar-refractivity contribution in [3.63, 3.8) is 0 Å². The summed E-state index contributed by atoms with van der Waals surface area (Å²) < 4.78 is 72.6. The summed E-state index contributed by atoms with van der Waals surface area (Å²) in [6, 6.07) is 17.5. The SMILES string of the molecule is O=C(O)c1ccc(N(Cc2cccc(C3CCCC3)c2)C(=O)CN(Cc2ccc(Cl)cc2)Sc2c(F)c(F)c(F)c(F)c2F)cc1O. The third-order valence-corrected chi connectivity index (χ3v) is 9.23. The highest BCUT2D eigenvalue weighted by atomic mass is 35.5. The lowest BCUT2D eigenvalue weighted by molar-refractivity contribution is -0.118. The van der Waals surface area contributed by atoms with E-state index in [1.165, 1.54) is 23.1 Å². The van der Waals surface area contributed by atoms with Gasteiger partial charge in [0.2, 0.25) is 11.7 Å². The maximum absolute atomic E-state index is 14.8. The maximum Gasteiger partial charge on any atom is 0.339 e. The monoisotopic (exact) mass is 690 g/mol. The number of aromatic hydroxyl groups is 1. The molecule has 246 valence electrons. The minimum atomic E-state index is -2.31. The van der Waals surface area contributed by atoms with Gasteiger partial charge in [-0.2, -0.15) is 0 Å². The number of benzene rings is 4. The fraction of sp³-hybridized carbons (Fsp3) is 0.235. The van der Waals surface area contributed by atoms with Gasteiger partial charge < -0.3 is 15.1 Å². The van der Waals surface area contributed by atoms with Gasteiger partial charge in [-0.15, -0.1) is 0 Å². The molecule has 1 fully saturated rings. The molecule has 0 radical (unpaired) electrons.